The fraction of sp³-hybridized carbons (Fsp3) is 0. The smallest absolute Gasteiger partial charge is 0.241 e. The summed E-state index contributed by atoms with van der Waals surface area (Å²) < 4.78 is 0. The Labute approximate surface area is 87.2 Å². The zero-order valence-electron chi connectivity index (χ0n) is 8.05. The first-order valence-electron chi connectivity index (χ1n) is 4.57. The maximum absolute atomic E-state index is 10.6. The number of carbonyl (C=O) groups is 1. The Hall–Kier alpha value is -2.16. The van der Waals surface area contributed by atoms with Crippen molar-refractivity contribution in [1.82, 2.24) is 4.98 Å². The average Bonchev–Trinajstić information content (AvgIpc) is 2.26. The van der Waals surface area contributed by atoms with Crippen LogP contribution in [0.5, 0.6) is 0 Å². The number of hydrogen-bond acceptors (Lipinski definition) is 2. The predicted octanol–water partition coefficient (Wildman–Crippen LogP) is 1.73. The van der Waals surface area contributed by atoms with Gasteiger partial charge in [0.25, 0.3) is 0 Å². The molecule has 0 spiro atoms. The molecular weight excluding hydrogens is 188 g/mol. The minimum atomic E-state index is -0.448. The molecule has 0 aliphatic rings. The van der Waals surface area contributed by atoms with Crippen LogP contribution in [0.2, 0.25) is 0 Å². The van der Waals surface area contributed by atoms with Crippen molar-refractivity contribution in [2.75, 3.05) is 0 Å². The molecule has 74 valence electrons. The first kappa shape index (κ1) is 9.40. The Morgan fingerprint density at radius 2 is 2.20 bits per heavy atom. The van der Waals surface area contributed by atoms with Crippen LogP contribution >= 0.6 is 0 Å². The summed E-state index contributed by atoms with van der Waals surface area (Å²) >= 11 is 0. The van der Waals surface area contributed by atoms with E-state index in [-0.39, 0.29) is 0 Å². The summed E-state index contributed by atoms with van der Waals surface area (Å²) in [5, 5.41) is 2.11. The van der Waals surface area contributed by atoms with Crippen molar-refractivity contribution in [3.8, 4) is 0 Å². The van der Waals surface area contributed by atoms with Crippen molar-refractivity contribution in [1.29, 1.82) is 0 Å². The molecule has 0 bridgehead atoms. The van der Waals surface area contributed by atoms with Crippen molar-refractivity contribution in [3.05, 3.63) is 48.3 Å². The van der Waals surface area contributed by atoms with Crippen LogP contribution in [0.3, 0.4) is 0 Å². The highest BCUT2D eigenvalue weighted by Gasteiger charge is 1.96. The zero-order valence-corrected chi connectivity index (χ0v) is 8.05. The van der Waals surface area contributed by atoms with E-state index in [0.717, 1.165) is 16.3 Å². The van der Waals surface area contributed by atoms with Crippen molar-refractivity contribution in [2.45, 2.75) is 0 Å². The fourth-order valence-corrected chi connectivity index (χ4v) is 1.45. The number of primary amides is 1. The molecule has 2 N–H and O–H groups in total. The van der Waals surface area contributed by atoms with Gasteiger partial charge in [-0.25, -0.2) is 0 Å². The van der Waals surface area contributed by atoms with E-state index in [1.54, 1.807) is 18.5 Å². The van der Waals surface area contributed by atoms with E-state index in [4.69, 9.17) is 5.73 Å². The number of hydrogen-bond donors (Lipinski definition) is 1. The third-order valence-electron chi connectivity index (χ3n) is 2.14. The van der Waals surface area contributed by atoms with Crippen LogP contribution in [0.1, 0.15) is 5.56 Å². The Morgan fingerprint density at radius 1 is 1.33 bits per heavy atom. The average molecular weight is 198 g/mol. The highest BCUT2D eigenvalue weighted by Crippen LogP contribution is 2.18. The number of benzene rings is 1. The number of fused-ring (bicyclic) bond motifs is 1. The molecule has 0 saturated heterocycles. The van der Waals surface area contributed by atoms with Crippen LogP contribution < -0.4 is 5.73 Å². The monoisotopic (exact) mass is 198 g/mol. The highest BCUT2D eigenvalue weighted by atomic mass is 16.1. The van der Waals surface area contributed by atoms with Crippen molar-refractivity contribution < 1.29 is 4.79 Å². The lowest BCUT2D eigenvalue weighted by atomic mass is 10.1. The van der Waals surface area contributed by atoms with E-state index < -0.39 is 5.91 Å². The number of rotatable bonds is 2. The minimum Gasteiger partial charge on any atom is -0.366 e. The summed E-state index contributed by atoms with van der Waals surface area (Å²) in [4.78, 5) is 14.7. The number of aromatic nitrogens is 1. The van der Waals surface area contributed by atoms with Gasteiger partial charge in [-0.05, 0) is 23.1 Å². The molecule has 1 amide bonds. The fourth-order valence-electron chi connectivity index (χ4n) is 1.45. The first-order chi connectivity index (χ1) is 7.27. The quantitative estimate of drug-likeness (QED) is 0.747. The van der Waals surface area contributed by atoms with Gasteiger partial charge in [0.05, 0.1) is 0 Å². The first-order valence-corrected chi connectivity index (χ1v) is 4.57. The SMILES string of the molecule is NC(=O)C=Cc1cccc2ccncc12. The predicted molar refractivity (Wildman–Crippen MR) is 60.0 cm³/mol. The molecule has 0 radical (unpaired) electrons. The van der Waals surface area contributed by atoms with E-state index in [0.29, 0.717) is 0 Å². The van der Waals surface area contributed by atoms with Gasteiger partial charge in [0.1, 0.15) is 0 Å². The summed E-state index contributed by atoms with van der Waals surface area (Å²) in [5.41, 5.74) is 5.99. The minimum absolute atomic E-state index is 0.448. The number of pyridine rings is 1. The van der Waals surface area contributed by atoms with Crippen LogP contribution in [0.15, 0.2) is 42.7 Å². The molecule has 3 nitrogen and oxygen atoms in total. The van der Waals surface area contributed by atoms with Crippen LogP contribution in [-0.2, 0) is 4.79 Å². The Bertz CT molecular complexity index is 527. The summed E-state index contributed by atoms with van der Waals surface area (Å²) in [6.45, 7) is 0. The molecule has 2 rings (SSSR count). The second-order valence-corrected chi connectivity index (χ2v) is 3.18. The molecule has 0 aliphatic heterocycles. The molecule has 1 aromatic carbocycles. The lowest BCUT2D eigenvalue weighted by molar-refractivity contribution is -0.113. The lowest BCUT2D eigenvalue weighted by Gasteiger charge is -2.00. The summed E-state index contributed by atoms with van der Waals surface area (Å²) in [5.74, 6) is -0.448. The molecule has 0 aliphatic carbocycles. The lowest BCUT2D eigenvalue weighted by Crippen LogP contribution is -2.05. The van der Waals surface area contributed by atoms with Gasteiger partial charge in [-0.2, -0.15) is 0 Å². The van der Waals surface area contributed by atoms with Gasteiger partial charge in [0, 0.05) is 23.9 Å². The summed E-state index contributed by atoms with van der Waals surface area (Å²) in [6, 6.07) is 7.78. The Kier molecular flexibility index (Phi) is 2.46. The third-order valence-corrected chi connectivity index (χ3v) is 2.14. The van der Waals surface area contributed by atoms with E-state index in [1.807, 2.05) is 24.3 Å². The normalized spacial score (nSPS) is 10.9. The van der Waals surface area contributed by atoms with Crippen molar-refractivity contribution >= 4 is 22.8 Å². The number of nitrogens with two attached hydrogens (primary N) is 1. The van der Waals surface area contributed by atoms with E-state index in [2.05, 4.69) is 4.98 Å². The van der Waals surface area contributed by atoms with Gasteiger partial charge < -0.3 is 5.73 Å². The zero-order chi connectivity index (χ0) is 10.7. The molecule has 1 heterocycles. The van der Waals surface area contributed by atoms with E-state index in [9.17, 15) is 4.79 Å². The molecule has 0 unspecified atom stereocenters. The maximum atomic E-state index is 10.6. The Balaban J connectivity index is 2.56. The van der Waals surface area contributed by atoms with Crippen molar-refractivity contribution in [2.24, 2.45) is 5.73 Å². The van der Waals surface area contributed by atoms with E-state index in [1.165, 1.54) is 6.08 Å². The van der Waals surface area contributed by atoms with Gasteiger partial charge in [0.2, 0.25) is 5.91 Å². The molecule has 0 atom stereocenters. The van der Waals surface area contributed by atoms with Crippen LogP contribution in [0, 0.1) is 0 Å². The second kappa shape index (κ2) is 3.92. The topological polar surface area (TPSA) is 56.0 Å². The summed E-state index contributed by atoms with van der Waals surface area (Å²) in [6.07, 6.45) is 6.56. The molecule has 1 aromatic heterocycles. The van der Waals surface area contributed by atoms with Crippen LogP contribution in [0.25, 0.3) is 16.8 Å². The van der Waals surface area contributed by atoms with Crippen LogP contribution in [-0.4, -0.2) is 10.9 Å². The molecule has 0 saturated carbocycles. The van der Waals surface area contributed by atoms with Gasteiger partial charge >= 0.3 is 0 Å². The molecular formula is C12H10N2O. The highest BCUT2D eigenvalue weighted by molar-refractivity contribution is 5.95. The van der Waals surface area contributed by atoms with Crippen molar-refractivity contribution in [3.63, 3.8) is 0 Å². The maximum Gasteiger partial charge on any atom is 0.241 e. The molecule has 0 fully saturated rings. The Morgan fingerprint density at radius 3 is 3.00 bits per heavy atom. The summed E-state index contributed by atoms with van der Waals surface area (Å²) in [7, 11) is 0. The van der Waals surface area contributed by atoms with Gasteiger partial charge in [-0.3, -0.25) is 9.78 Å². The standard InChI is InChI=1S/C12H10N2O/c13-12(15)5-4-9-2-1-3-10-6-7-14-8-11(9)10/h1-8H,(H2,13,15). The number of carbonyl (C=O) groups excluding carboxylic acids is 1. The van der Waals surface area contributed by atoms with Gasteiger partial charge in [-0.1, -0.05) is 18.2 Å². The van der Waals surface area contributed by atoms with E-state index >= 15 is 0 Å². The molecule has 3 heteroatoms. The molecule has 15 heavy (non-hydrogen) atoms. The third kappa shape index (κ3) is 2.02. The number of amides is 1. The van der Waals surface area contributed by atoms with Gasteiger partial charge in [0.15, 0.2) is 0 Å². The van der Waals surface area contributed by atoms with Crippen LogP contribution in [0.4, 0.5) is 0 Å². The molecule has 2 aromatic rings. The second-order valence-electron chi connectivity index (χ2n) is 3.18. The van der Waals surface area contributed by atoms with Gasteiger partial charge in [-0.15, -0.1) is 0 Å². The largest absolute Gasteiger partial charge is 0.366 e. The number of nitrogens with zero attached hydrogens (tertiary/aromatic N) is 1.